The first-order valence-electron chi connectivity index (χ1n) is 5.50. The molecule has 0 saturated carbocycles. The van der Waals surface area contributed by atoms with Gasteiger partial charge < -0.3 is 5.11 Å². The van der Waals surface area contributed by atoms with E-state index >= 15 is 0 Å². The van der Waals surface area contributed by atoms with Gasteiger partial charge in [-0.15, -0.1) is 0 Å². The van der Waals surface area contributed by atoms with Gasteiger partial charge in [-0.3, -0.25) is 9.63 Å². The number of amides is 1. The first-order valence-corrected chi connectivity index (χ1v) is 5.50. The lowest BCUT2D eigenvalue weighted by atomic mass is 10.1. The number of aromatic hydroxyl groups is 1. The molecule has 18 heavy (non-hydrogen) atoms. The second kappa shape index (κ2) is 5.01. The summed E-state index contributed by atoms with van der Waals surface area (Å²) in [4.78, 5) is 20.7. The highest BCUT2D eigenvalue weighted by atomic mass is 16.7. The molecule has 1 heterocycles. The maximum Gasteiger partial charge on any atom is 0.251 e. The van der Waals surface area contributed by atoms with Crippen molar-refractivity contribution in [2.24, 2.45) is 0 Å². The molecule has 5 nitrogen and oxygen atoms in total. The summed E-state index contributed by atoms with van der Waals surface area (Å²) in [5.41, 5.74) is 1.10. The minimum Gasteiger partial charge on any atom is -0.506 e. The zero-order valence-corrected chi connectivity index (χ0v) is 10.3. The van der Waals surface area contributed by atoms with Crippen molar-refractivity contribution in [1.82, 2.24) is 10.0 Å². The Hall–Kier alpha value is -2.14. The molecule has 1 aromatic heterocycles. The first-order chi connectivity index (χ1) is 8.61. The van der Waals surface area contributed by atoms with E-state index in [-0.39, 0.29) is 18.1 Å². The van der Waals surface area contributed by atoms with Crippen molar-refractivity contribution >= 4 is 16.8 Å². The van der Waals surface area contributed by atoms with Crippen molar-refractivity contribution in [2.45, 2.75) is 6.42 Å². The average Bonchev–Trinajstić information content (AvgIpc) is 2.38. The van der Waals surface area contributed by atoms with Crippen molar-refractivity contribution in [2.75, 3.05) is 14.2 Å². The number of hydroxylamine groups is 2. The lowest BCUT2D eigenvalue weighted by molar-refractivity contribution is -0.167. The number of hydrogen-bond donors (Lipinski definition) is 1. The van der Waals surface area contributed by atoms with E-state index in [9.17, 15) is 9.90 Å². The maximum absolute atomic E-state index is 11.7. The molecule has 0 fully saturated rings. The van der Waals surface area contributed by atoms with E-state index in [4.69, 9.17) is 4.84 Å². The van der Waals surface area contributed by atoms with Crippen LogP contribution in [0.3, 0.4) is 0 Å². The predicted octanol–water partition coefficient (Wildman–Crippen LogP) is 1.50. The monoisotopic (exact) mass is 246 g/mol. The van der Waals surface area contributed by atoms with Gasteiger partial charge in [0.05, 0.1) is 19.2 Å². The number of phenols is 1. The molecular formula is C13H14N2O3. The molecule has 0 aliphatic rings. The highest BCUT2D eigenvalue weighted by Gasteiger charge is 2.11. The van der Waals surface area contributed by atoms with Crippen molar-refractivity contribution in [3.8, 4) is 5.75 Å². The summed E-state index contributed by atoms with van der Waals surface area (Å²) in [7, 11) is 2.97. The minimum absolute atomic E-state index is 0.113. The summed E-state index contributed by atoms with van der Waals surface area (Å²) in [5, 5.41) is 11.7. The Morgan fingerprint density at radius 3 is 2.89 bits per heavy atom. The number of rotatable bonds is 3. The molecule has 2 rings (SSSR count). The van der Waals surface area contributed by atoms with E-state index in [1.165, 1.54) is 7.11 Å². The number of likely N-dealkylation sites (N-methyl/N-ethyl adjacent to an activating group) is 1. The van der Waals surface area contributed by atoms with Crippen LogP contribution in [-0.4, -0.2) is 35.2 Å². The smallest absolute Gasteiger partial charge is 0.251 e. The fourth-order valence-electron chi connectivity index (χ4n) is 1.64. The number of para-hydroxylation sites is 1. The molecule has 0 spiro atoms. The van der Waals surface area contributed by atoms with Gasteiger partial charge >= 0.3 is 0 Å². The van der Waals surface area contributed by atoms with Crippen LogP contribution in [0.25, 0.3) is 10.9 Å². The highest BCUT2D eigenvalue weighted by molar-refractivity contribution is 5.85. The van der Waals surface area contributed by atoms with Gasteiger partial charge in [0, 0.05) is 12.4 Å². The second-order valence-electron chi connectivity index (χ2n) is 3.90. The van der Waals surface area contributed by atoms with Gasteiger partial charge in [0.2, 0.25) is 0 Å². The predicted molar refractivity (Wildman–Crippen MR) is 66.9 cm³/mol. The summed E-state index contributed by atoms with van der Waals surface area (Å²) >= 11 is 0. The molecular weight excluding hydrogens is 232 g/mol. The molecule has 1 N–H and O–H groups in total. The Balaban J connectivity index is 2.30. The van der Waals surface area contributed by atoms with Crippen LogP contribution in [-0.2, 0) is 16.1 Å². The van der Waals surface area contributed by atoms with E-state index in [1.807, 2.05) is 12.1 Å². The summed E-state index contributed by atoms with van der Waals surface area (Å²) in [6, 6.07) is 8.78. The highest BCUT2D eigenvalue weighted by Crippen LogP contribution is 2.22. The molecule has 0 aliphatic heterocycles. The molecule has 94 valence electrons. The van der Waals surface area contributed by atoms with Gasteiger partial charge in [0.25, 0.3) is 5.91 Å². The van der Waals surface area contributed by atoms with E-state index in [0.29, 0.717) is 11.2 Å². The maximum atomic E-state index is 11.7. The van der Waals surface area contributed by atoms with Crippen molar-refractivity contribution < 1.29 is 14.7 Å². The van der Waals surface area contributed by atoms with Gasteiger partial charge in [-0.1, -0.05) is 18.2 Å². The van der Waals surface area contributed by atoms with E-state index in [0.717, 1.165) is 10.4 Å². The molecule has 0 saturated heterocycles. The topological polar surface area (TPSA) is 62.7 Å². The largest absolute Gasteiger partial charge is 0.506 e. The number of fused-ring (bicyclic) bond motifs is 1. The quantitative estimate of drug-likeness (QED) is 0.834. The van der Waals surface area contributed by atoms with Crippen LogP contribution in [0.15, 0.2) is 30.3 Å². The van der Waals surface area contributed by atoms with Gasteiger partial charge in [-0.2, -0.15) is 0 Å². The summed E-state index contributed by atoms with van der Waals surface area (Å²) in [5.74, 6) is -0.0818. The number of pyridine rings is 1. The molecule has 2 aromatic rings. The van der Waals surface area contributed by atoms with Crippen molar-refractivity contribution in [3.05, 3.63) is 36.0 Å². The Labute approximate surface area is 105 Å². The number of hydrogen-bond acceptors (Lipinski definition) is 4. The number of aromatic nitrogens is 1. The zero-order valence-electron chi connectivity index (χ0n) is 10.3. The zero-order chi connectivity index (χ0) is 13.1. The average molecular weight is 246 g/mol. The van der Waals surface area contributed by atoms with Gasteiger partial charge in [-0.05, 0) is 12.1 Å². The summed E-state index contributed by atoms with van der Waals surface area (Å²) < 4.78 is 0. The van der Waals surface area contributed by atoms with E-state index in [2.05, 4.69) is 4.98 Å². The summed E-state index contributed by atoms with van der Waals surface area (Å²) in [6.45, 7) is 0. The van der Waals surface area contributed by atoms with Crippen molar-refractivity contribution in [3.63, 3.8) is 0 Å². The van der Waals surface area contributed by atoms with Crippen LogP contribution in [0.2, 0.25) is 0 Å². The molecule has 0 unspecified atom stereocenters. The molecule has 0 radical (unpaired) electrons. The second-order valence-corrected chi connectivity index (χ2v) is 3.90. The van der Waals surface area contributed by atoms with Gasteiger partial charge in [0.15, 0.2) is 0 Å². The molecule has 1 amide bonds. The number of nitrogens with zero attached hydrogens (tertiary/aromatic N) is 2. The van der Waals surface area contributed by atoms with Crippen LogP contribution < -0.4 is 0 Å². The SMILES string of the molecule is CON(C)C(=O)Cc1ccc2cccc(O)c2n1. The Kier molecular flexibility index (Phi) is 3.43. The van der Waals surface area contributed by atoms with Crippen LogP contribution in [0.1, 0.15) is 5.69 Å². The standard InChI is InChI=1S/C13H14N2O3/c1-15(18-2)12(17)8-10-7-6-9-4-3-5-11(16)13(9)14-10/h3-7,16H,8H2,1-2H3. The van der Waals surface area contributed by atoms with Crippen LogP contribution in [0.5, 0.6) is 5.75 Å². The van der Waals surface area contributed by atoms with Crippen LogP contribution >= 0.6 is 0 Å². The minimum atomic E-state index is -0.195. The van der Waals surface area contributed by atoms with Gasteiger partial charge in [-0.25, -0.2) is 10.0 Å². The lowest BCUT2D eigenvalue weighted by Crippen LogP contribution is -2.27. The van der Waals surface area contributed by atoms with Gasteiger partial charge in [0.1, 0.15) is 11.3 Å². The van der Waals surface area contributed by atoms with Crippen LogP contribution in [0.4, 0.5) is 0 Å². The Morgan fingerprint density at radius 2 is 2.17 bits per heavy atom. The van der Waals surface area contributed by atoms with Crippen LogP contribution in [0, 0.1) is 0 Å². The number of carbonyl (C=O) groups excluding carboxylic acids is 1. The fourth-order valence-corrected chi connectivity index (χ4v) is 1.64. The third-order valence-corrected chi connectivity index (χ3v) is 2.71. The first kappa shape index (κ1) is 12.3. The molecule has 5 heteroatoms. The van der Waals surface area contributed by atoms with Crippen molar-refractivity contribution in [1.29, 1.82) is 0 Å². The molecule has 0 bridgehead atoms. The summed E-state index contributed by atoms with van der Waals surface area (Å²) in [6.07, 6.45) is 0.134. The fraction of sp³-hybridized carbons (Fsp3) is 0.231. The third kappa shape index (κ3) is 2.41. The third-order valence-electron chi connectivity index (χ3n) is 2.71. The number of carbonyl (C=O) groups is 1. The molecule has 1 aromatic carbocycles. The number of phenolic OH excluding ortho intramolecular Hbond substituents is 1. The Bertz CT molecular complexity index is 583. The van der Waals surface area contributed by atoms with E-state index < -0.39 is 0 Å². The number of benzene rings is 1. The van der Waals surface area contributed by atoms with E-state index in [1.54, 1.807) is 25.2 Å². The Morgan fingerprint density at radius 1 is 1.39 bits per heavy atom. The lowest BCUT2D eigenvalue weighted by Gasteiger charge is -2.13. The molecule has 0 aliphatic carbocycles. The molecule has 0 atom stereocenters. The normalized spacial score (nSPS) is 10.6.